The Morgan fingerprint density at radius 2 is 2.08 bits per heavy atom. The van der Waals surface area contributed by atoms with Crippen LogP contribution in [-0.2, 0) is 16.0 Å². The third-order valence-electron chi connectivity index (χ3n) is 4.53. The van der Waals surface area contributed by atoms with Crippen molar-refractivity contribution in [3.05, 3.63) is 33.9 Å². The molecule has 0 radical (unpaired) electrons. The molecule has 2 rings (SSSR count). The van der Waals surface area contributed by atoms with E-state index in [1.165, 1.54) is 25.3 Å². The van der Waals surface area contributed by atoms with Crippen LogP contribution in [0.5, 0.6) is 5.75 Å². The van der Waals surface area contributed by atoms with Gasteiger partial charge < -0.3 is 15.8 Å². The van der Waals surface area contributed by atoms with Gasteiger partial charge in [0.05, 0.1) is 12.0 Å². The van der Waals surface area contributed by atoms with Crippen LogP contribution in [0.2, 0.25) is 0 Å². The molecule has 25 heavy (non-hydrogen) atoms. The topological polar surface area (TPSA) is 125 Å². The fraction of sp³-hybridized carbons (Fsp3) is 0.529. The van der Waals surface area contributed by atoms with E-state index in [4.69, 9.17) is 10.5 Å². The molecule has 0 saturated heterocycles. The van der Waals surface area contributed by atoms with Crippen LogP contribution in [0.15, 0.2) is 18.2 Å². The van der Waals surface area contributed by atoms with Gasteiger partial charge >= 0.3 is 0 Å². The minimum atomic E-state index is -0.940. The molecule has 136 valence electrons. The first kappa shape index (κ1) is 18.7. The zero-order valence-electron chi connectivity index (χ0n) is 14.2. The van der Waals surface area contributed by atoms with E-state index in [0.717, 1.165) is 25.7 Å². The highest BCUT2D eigenvalue weighted by Gasteiger charge is 2.24. The lowest BCUT2D eigenvalue weighted by atomic mass is 10.0. The van der Waals surface area contributed by atoms with Crippen molar-refractivity contribution < 1.29 is 19.2 Å². The standard InChI is InChI=1S/C17H23N3O5/c1-25-15-7-6-13(20(23)24)9-12(15)10-14(17(18)22)19-16(21)8-11-4-2-3-5-11/h6-7,9,11,14H,2-5,8,10H2,1H3,(H2,18,22)(H,19,21)/t14-/m0/s1. The van der Waals surface area contributed by atoms with Gasteiger partial charge in [-0.25, -0.2) is 0 Å². The number of nitrogens with zero attached hydrogens (tertiary/aromatic N) is 1. The maximum Gasteiger partial charge on any atom is 0.269 e. The molecule has 1 aromatic rings. The first-order chi connectivity index (χ1) is 11.9. The average molecular weight is 349 g/mol. The quantitative estimate of drug-likeness (QED) is 0.546. The zero-order chi connectivity index (χ0) is 18.4. The molecule has 2 amide bonds. The molecule has 3 N–H and O–H groups in total. The SMILES string of the molecule is COc1ccc([N+](=O)[O-])cc1C[C@H](NC(=O)CC1CCCC1)C(N)=O. The predicted molar refractivity (Wildman–Crippen MR) is 91.1 cm³/mol. The molecule has 1 fully saturated rings. The Bertz CT molecular complexity index is 656. The van der Waals surface area contributed by atoms with Crippen LogP contribution in [0.1, 0.15) is 37.7 Å². The highest BCUT2D eigenvalue weighted by molar-refractivity contribution is 5.87. The lowest BCUT2D eigenvalue weighted by molar-refractivity contribution is -0.384. The molecule has 8 nitrogen and oxygen atoms in total. The van der Waals surface area contributed by atoms with E-state index in [9.17, 15) is 19.7 Å². The zero-order valence-corrected chi connectivity index (χ0v) is 14.2. The fourth-order valence-corrected chi connectivity index (χ4v) is 3.21. The average Bonchev–Trinajstić information content (AvgIpc) is 3.06. The Balaban J connectivity index is 2.10. The second-order valence-corrected chi connectivity index (χ2v) is 6.33. The molecule has 0 heterocycles. The van der Waals surface area contributed by atoms with E-state index in [2.05, 4.69) is 5.32 Å². The van der Waals surface area contributed by atoms with Gasteiger partial charge in [0.25, 0.3) is 5.69 Å². The highest BCUT2D eigenvalue weighted by Crippen LogP contribution is 2.28. The van der Waals surface area contributed by atoms with Gasteiger partial charge in [-0.2, -0.15) is 0 Å². The summed E-state index contributed by atoms with van der Waals surface area (Å²) in [5, 5.41) is 13.6. The van der Waals surface area contributed by atoms with E-state index < -0.39 is 16.9 Å². The van der Waals surface area contributed by atoms with Gasteiger partial charge in [0.15, 0.2) is 0 Å². The molecule has 0 unspecified atom stereocenters. The maximum absolute atomic E-state index is 12.2. The molecular formula is C17H23N3O5. The number of amides is 2. The summed E-state index contributed by atoms with van der Waals surface area (Å²) in [7, 11) is 1.43. The molecule has 1 saturated carbocycles. The number of methoxy groups -OCH3 is 1. The van der Waals surface area contributed by atoms with Gasteiger partial charge in [-0.15, -0.1) is 0 Å². The molecule has 0 aliphatic heterocycles. The monoisotopic (exact) mass is 349 g/mol. The smallest absolute Gasteiger partial charge is 0.269 e. The van der Waals surface area contributed by atoms with E-state index in [-0.39, 0.29) is 18.0 Å². The first-order valence-electron chi connectivity index (χ1n) is 8.30. The second kappa shape index (κ2) is 8.46. The molecule has 0 aromatic heterocycles. The van der Waals surface area contributed by atoms with Crippen molar-refractivity contribution in [2.24, 2.45) is 11.7 Å². The van der Waals surface area contributed by atoms with E-state index in [1.54, 1.807) is 0 Å². The van der Waals surface area contributed by atoms with Gasteiger partial charge in [-0.05, 0) is 24.8 Å². The molecule has 1 aliphatic rings. The molecule has 1 aliphatic carbocycles. The summed E-state index contributed by atoms with van der Waals surface area (Å²) in [5.41, 5.74) is 5.73. The van der Waals surface area contributed by atoms with Crippen LogP contribution in [0, 0.1) is 16.0 Å². The first-order valence-corrected chi connectivity index (χ1v) is 8.30. The van der Waals surface area contributed by atoms with Crippen molar-refractivity contribution in [2.75, 3.05) is 7.11 Å². The minimum absolute atomic E-state index is 0.0383. The Hall–Kier alpha value is -2.64. The summed E-state index contributed by atoms with van der Waals surface area (Å²) in [6, 6.07) is 3.18. The highest BCUT2D eigenvalue weighted by atomic mass is 16.6. The summed E-state index contributed by atoms with van der Waals surface area (Å²) in [4.78, 5) is 34.3. The predicted octanol–water partition coefficient (Wildman–Crippen LogP) is 1.70. The molecule has 0 bridgehead atoms. The van der Waals surface area contributed by atoms with Crippen molar-refractivity contribution in [3.63, 3.8) is 0 Å². The molecule has 0 spiro atoms. The number of nitro benzene ring substituents is 1. The van der Waals surface area contributed by atoms with Crippen LogP contribution in [0.4, 0.5) is 5.69 Å². The number of nitro groups is 1. The third kappa shape index (κ3) is 5.17. The Morgan fingerprint density at radius 3 is 2.64 bits per heavy atom. The number of nitrogens with one attached hydrogen (secondary N) is 1. The molecule has 1 aromatic carbocycles. The Kier molecular flexibility index (Phi) is 6.32. The third-order valence-corrected chi connectivity index (χ3v) is 4.53. The number of hydrogen-bond donors (Lipinski definition) is 2. The molecule has 1 atom stereocenters. The Morgan fingerprint density at radius 1 is 1.40 bits per heavy atom. The molecule has 8 heteroatoms. The number of carbonyl (C=O) groups excluding carboxylic acids is 2. The number of rotatable bonds is 8. The van der Waals surface area contributed by atoms with Crippen LogP contribution in [0.25, 0.3) is 0 Å². The van der Waals surface area contributed by atoms with Crippen molar-refractivity contribution >= 4 is 17.5 Å². The summed E-state index contributed by atoms with van der Waals surface area (Å²) < 4.78 is 5.19. The number of carbonyl (C=O) groups is 2. The van der Waals surface area contributed by atoms with Crippen molar-refractivity contribution in [1.82, 2.24) is 5.32 Å². The van der Waals surface area contributed by atoms with Crippen LogP contribution in [0.3, 0.4) is 0 Å². The van der Waals surface area contributed by atoms with Crippen molar-refractivity contribution in [1.29, 1.82) is 0 Å². The minimum Gasteiger partial charge on any atom is -0.496 e. The van der Waals surface area contributed by atoms with Crippen LogP contribution in [-0.4, -0.2) is 29.9 Å². The van der Waals surface area contributed by atoms with E-state index in [1.807, 2.05) is 0 Å². The summed E-state index contributed by atoms with van der Waals surface area (Å²) in [6.07, 6.45) is 4.71. The normalized spacial score (nSPS) is 15.6. The van der Waals surface area contributed by atoms with Gasteiger partial charge in [0.2, 0.25) is 11.8 Å². The van der Waals surface area contributed by atoms with E-state index in [0.29, 0.717) is 23.7 Å². The summed E-state index contributed by atoms with van der Waals surface area (Å²) >= 11 is 0. The number of primary amides is 1. The van der Waals surface area contributed by atoms with Crippen LogP contribution < -0.4 is 15.8 Å². The Labute approximate surface area is 145 Å². The number of nitrogens with two attached hydrogens (primary N) is 1. The largest absolute Gasteiger partial charge is 0.496 e. The van der Waals surface area contributed by atoms with Crippen LogP contribution >= 0.6 is 0 Å². The second-order valence-electron chi connectivity index (χ2n) is 6.33. The maximum atomic E-state index is 12.2. The summed E-state index contributed by atoms with van der Waals surface area (Å²) in [6.45, 7) is 0. The number of benzene rings is 1. The fourth-order valence-electron chi connectivity index (χ4n) is 3.21. The number of hydrogen-bond acceptors (Lipinski definition) is 5. The van der Waals surface area contributed by atoms with Crippen molar-refractivity contribution in [2.45, 2.75) is 44.6 Å². The lowest BCUT2D eigenvalue weighted by Gasteiger charge is -2.18. The number of ether oxygens (including phenoxy) is 1. The van der Waals surface area contributed by atoms with Gasteiger partial charge in [0.1, 0.15) is 11.8 Å². The molecular weight excluding hydrogens is 326 g/mol. The van der Waals surface area contributed by atoms with E-state index >= 15 is 0 Å². The van der Waals surface area contributed by atoms with Gasteiger partial charge in [0, 0.05) is 30.5 Å². The van der Waals surface area contributed by atoms with Crippen molar-refractivity contribution in [3.8, 4) is 5.75 Å². The number of non-ortho nitro benzene ring substituents is 1. The van der Waals surface area contributed by atoms with Gasteiger partial charge in [-0.1, -0.05) is 12.8 Å². The summed E-state index contributed by atoms with van der Waals surface area (Å²) in [5.74, 6) is -0.156. The lowest BCUT2D eigenvalue weighted by Crippen LogP contribution is -2.46. The van der Waals surface area contributed by atoms with Gasteiger partial charge in [-0.3, -0.25) is 19.7 Å².